The average molecular weight is 430 g/mol. The van der Waals surface area contributed by atoms with E-state index in [1.165, 1.54) is 4.90 Å². The first kappa shape index (κ1) is 21.8. The topological polar surface area (TPSA) is 71.6 Å². The van der Waals surface area contributed by atoms with E-state index in [1.807, 2.05) is 43.0 Å². The summed E-state index contributed by atoms with van der Waals surface area (Å²) in [6.07, 6.45) is -0.0302. The van der Waals surface area contributed by atoms with E-state index < -0.39 is 0 Å². The molecule has 2 amide bonds. The van der Waals surface area contributed by atoms with Crippen LogP contribution in [0.4, 0.5) is 0 Å². The molecule has 2 unspecified atom stereocenters. The lowest BCUT2D eigenvalue weighted by molar-refractivity contribution is -0.138. The third-order valence-corrected chi connectivity index (χ3v) is 6.00. The molecule has 0 radical (unpaired) electrons. The second-order valence-corrected chi connectivity index (χ2v) is 8.33. The molecule has 2 atom stereocenters. The third kappa shape index (κ3) is 4.61. The molecule has 0 saturated carbocycles. The van der Waals surface area contributed by atoms with Gasteiger partial charge in [0.2, 0.25) is 0 Å². The number of ether oxygens (including phenoxy) is 3. The van der Waals surface area contributed by atoms with Crippen molar-refractivity contribution in [3.63, 3.8) is 0 Å². The van der Waals surface area contributed by atoms with Gasteiger partial charge in [0.15, 0.2) is 0 Å². The highest BCUT2D eigenvalue weighted by Gasteiger charge is 2.43. The fourth-order valence-electron chi connectivity index (χ4n) is 4.50. The maximum absolute atomic E-state index is 13.5. The lowest BCUT2D eigenvalue weighted by Crippen LogP contribution is -2.48. The molecular formula is C23H31N3O5. The Morgan fingerprint density at radius 1 is 0.968 bits per heavy atom. The summed E-state index contributed by atoms with van der Waals surface area (Å²) < 4.78 is 16.5. The van der Waals surface area contributed by atoms with Crippen molar-refractivity contribution in [2.45, 2.75) is 26.1 Å². The monoisotopic (exact) mass is 429 g/mol. The molecule has 3 heterocycles. The van der Waals surface area contributed by atoms with Gasteiger partial charge in [0.25, 0.3) is 11.8 Å². The van der Waals surface area contributed by atoms with Gasteiger partial charge in [-0.15, -0.1) is 0 Å². The summed E-state index contributed by atoms with van der Waals surface area (Å²) in [6, 6.07) is 7.33. The van der Waals surface area contributed by atoms with E-state index in [-0.39, 0.29) is 24.0 Å². The second kappa shape index (κ2) is 9.38. The van der Waals surface area contributed by atoms with Gasteiger partial charge in [0.05, 0.1) is 38.1 Å². The highest BCUT2D eigenvalue weighted by atomic mass is 16.5. The minimum absolute atomic E-state index is 0.0151. The van der Waals surface area contributed by atoms with Gasteiger partial charge in [-0.1, -0.05) is 12.1 Å². The zero-order chi connectivity index (χ0) is 22.0. The fourth-order valence-corrected chi connectivity index (χ4v) is 4.50. The minimum Gasteiger partial charge on any atom is -0.497 e. The van der Waals surface area contributed by atoms with E-state index in [0.717, 1.165) is 18.7 Å². The molecule has 31 heavy (non-hydrogen) atoms. The van der Waals surface area contributed by atoms with Gasteiger partial charge < -0.3 is 19.1 Å². The summed E-state index contributed by atoms with van der Waals surface area (Å²) in [5, 5.41) is 0. The predicted molar refractivity (Wildman–Crippen MR) is 115 cm³/mol. The Hall–Kier alpha value is -2.42. The number of carbonyl (C=O) groups excluding carboxylic acids is 2. The zero-order valence-corrected chi connectivity index (χ0v) is 18.5. The van der Waals surface area contributed by atoms with E-state index in [4.69, 9.17) is 14.2 Å². The number of amides is 2. The van der Waals surface area contributed by atoms with Crippen molar-refractivity contribution < 1.29 is 23.8 Å². The Kier molecular flexibility index (Phi) is 6.60. The number of carbonyl (C=O) groups is 2. The molecule has 1 aromatic rings. The van der Waals surface area contributed by atoms with Crippen LogP contribution in [0.2, 0.25) is 0 Å². The first-order chi connectivity index (χ1) is 15.0. The number of methoxy groups -OCH3 is 1. The van der Waals surface area contributed by atoms with Gasteiger partial charge in [-0.3, -0.25) is 19.4 Å². The van der Waals surface area contributed by atoms with Crippen LogP contribution in [0.25, 0.3) is 5.57 Å². The summed E-state index contributed by atoms with van der Waals surface area (Å²) in [6.45, 7) is 9.18. The predicted octanol–water partition coefficient (Wildman–Crippen LogP) is 1.22. The first-order valence-corrected chi connectivity index (χ1v) is 10.9. The van der Waals surface area contributed by atoms with Crippen molar-refractivity contribution in [1.29, 1.82) is 0 Å². The van der Waals surface area contributed by atoms with Crippen molar-refractivity contribution in [2.24, 2.45) is 0 Å². The van der Waals surface area contributed by atoms with Crippen LogP contribution in [0.5, 0.6) is 5.75 Å². The van der Waals surface area contributed by atoms with E-state index in [1.54, 1.807) is 7.11 Å². The number of nitrogens with zero attached hydrogens (tertiary/aromatic N) is 3. The highest BCUT2D eigenvalue weighted by molar-refractivity contribution is 6.35. The molecule has 0 spiro atoms. The van der Waals surface area contributed by atoms with Crippen LogP contribution in [0.15, 0.2) is 30.0 Å². The van der Waals surface area contributed by atoms with Crippen LogP contribution in [-0.4, -0.2) is 98.3 Å². The van der Waals surface area contributed by atoms with Gasteiger partial charge in [-0.05, 0) is 31.5 Å². The van der Waals surface area contributed by atoms with E-state index in [9.17, 15) is 9.59 Å². The van der Waals surface area contributed by atoms with E-state index in [2.05, 4.69) is 4.90 Å². The number of hydrogen-bond acceptors (Lipinski definition) is 7. The third-order valence-electron chi connectivity index (χ3n) is 6.00. The van der Waals surface area contributed by atoms with Crippen LogP contribution in [-0.2, 0) is 19.1 Å². The summed E-state index contributed by atoms with van der Waals surface area (Å²) in [5.74, 6) is 0.260. The van der Waals surface area contributed by atoms with Crippen LogP contribution in [0, 0.1) is 0 Å². The van der Waals surface area contributed by atoms with Gasteiger partial charge in [-0.2, -0.15) is 0 Å². The largest absolute Gasteiger partial charge is 0.497 e. The average Bonchev–Trinajstić information content (AvgIpc) is 3.02. The summed E-state index contributed by atoms with van der Waals surface area (Å²) >= 11 is 0. The normalized spacial score (nSPS) is 25.5. The number of benzene rings is 1. The SMILES string of the molecule is COc1ccc(C2=C(N3CC(C)OC(C)C3)C(=O)N(CCN3CCOCC3)C2=O)cc1. The fraction of sp³-hybridized carbons (Fsp3) is 0.565. The molecule has 8 heteroatoms. The Labute approximate surface area is 183 Å². The molecule has 2 saturated heterocycles. The standard InChI is InChI=1S/C23H31N3O5/c1-16-14-25(15-17(2)31-16)21-20(18-4-6-19(29-3)7-5-18)22(27)26(23(21)28)9-8-24-10-12-30-13-11-24/h4-7,16-17H,8-15H2,1-3H3. The van der Waals surface area contributed by atoms with Crippen LogP contribution >= 0.6 is 0 Å². The Bertz CT molecular complexity index is 837. The van der Waals surface area contributed by atoms with Gasteiger partial charge in [0, 0.05) is 39.3 Å². The quantitative estimate of drug-likeness (QED) is 0.630. The van der Waals surface area contributed by atoms with Gasteiger partial charge >= 0.3 is 0 Å². The van der Waals surface area contributed by atoms with E-state index >= 15 is 0 Å². The maximum Gasteiger partial charge on any atom is 0.277 e. The van der Waals surface area contributed by atoms with Crippen molar-refractivity contribution in [3.8, 4) is 5.75 Å². The highest BCUT2D eigenvalue weighted by Crippen LogP contribution is 2.33. The first-order valence-electron chi connectivity index (χ1n) is 10.9. The van der Waals surface area contributed by atoms with Gasteiger partial charge in [0.1, 0.15) is 11.4 Å². The van der Waals surface area contributed by atoms with Crippen molar-refractivity contribution in [3.05, 3.63) is 35.5 Å². The number of imide groups is 1. The molecule has 0 N–H and O–H groups in total. The van der Waals surface area contributed by atoms with Crippen molar-refractivity contribution >= 4 is 17.4 Å². The van der Waals surface area contributed by atoms with Crippen LogP contribution in [0.3, 0.4) is 0 Å². The number of rotatable bonds is 6. The molecule has 3 aliphatic rings. The smallest absolute Gasteiger partial charge is 0.277 e. The summed E-state index contributed by atoms with van der Waals surface area (Å²) in [4.78, 5) is 32.6. The molecule has 4 rings (SSSR count). The minimum atomic E-state index is -0.231. The van der Waals surface area contributed by atoms with Crippen molar-refractivity contribution in [2.75, 3.05) is 59.6 Å². The molecule has 0 bridgehead atoms. The summed E-state index contributed by atoms with van der Waals surface area (Å²) in [5.41, 5.74) is 1.69. The lowest BCUT2D eigenvalue weighted by Gasteiger charge is -2.37. The van der Waals surface area contributed by atoms with Crippen molar-refractivity contribution in [1.82, 2.24) is 14.7 Å². The lowest BCUT2D eigenvalue weighted by atomic mass is 10.0. The van der Waals surface area contributed by atoms with Crippen LogP contribution < -0.4 is 4.74 Å². The molecule has 3 aliphatic heterocycles. The molecule has 8 nitrogen and oxygen atoms in total. The Balaban J connectivity index is 1.63. The number of morpholine rings is 2. The Morgan fingerprint density at radius 2 is 1.61 bits per heavy atom. The van der Waals surface area contributed by atoms with Crippen LogP contribution in [0.1, 0.15) is 19.4 Å². The second-order valence-electron chi connectivity index (χ2n) is 8.33. The molecule has 0 aliphatic carbocycles. The molecule has 0 aromatic heterocycles. The molecule has 2 fully saturated rings. The Morgan fingerprint density at radius 3 is 2.23 bits per heavy atom. The van der Waals surface area contributed by atoms with E-state index in [0.29, 0.717) is 56.4 Å². The molecular weight excluding hydrogens is 398 g/mol. The molecule has 168 valence electrons. The molecule has 1 aromatic carbocycles. The zero-order valence-electron chi connectivity index (χ0n) is 18.5. The maximum atomic E-state index is 13.5. The van der Waals surface area contributed by atoms with Gasteiger partial charge in [-0.25, -0.2) is 0 Å². The number of hydrogen-bond donors (Lipinski definition) is 0. The summed E-state index contributed by atoms with van der Waals surface area (Å²) in [7, 11) is 1.60.